The molecule has 0 aliphatic heterocycles. The number of anilines is 2. The second kappa shape index (κ2) is 11.9. The summed E-state index contributed by atoms with van der Waals surface area (Å²) >= 11 is 2.82. The molecule has 2 aromatic heterocycles. The van der Waals surface area contributed by atoms with Crippen molar-refractivity contribution >= 4 is 44.8 Å². The summed E-state index contributed by atoms with van der Waals surface area (Å²) in [5.41, 5.74) is 2.84. The zero-order valence-corrected chi connectivity index (χ0v) is 22.4. The number of benzene rings is 2. The van der Waals surface area contributed by atoms with Gasteiger partial charge < -0.3 is 10.6 Å². The van der Waals surface area contributed by atoms with Crippen molar-refractivity contribution in [2.24, 2.45) is 0 Å². The summed E-state index contributed by atoms with van der Waals surface area (Å²) in [6.45, 7) is 2.02. The highest BCUT2D eigenvalue weighted by atomic mass is 32.1. The molecule has 0 saturated heterocycles. The van der Waals surface area contributed by atoms with Gasteiger partial charge in [0.2, 0.25) is 22.1 Å². The summed E-state index contributed by atoms with van der Waals surface area (Å²) in [6.07, 6.45) is 4.32. The van der Waals surface area contributed by atoms with Crippen LogP contribution in [0.2, 0.25) is 0 Å². The molecule has 5 rings (SSSR count). The molecule has 2 amide bonds. The van der Waals surface area contributed by atoms with Crippen molar-refractivity contribution in [2.45, 2.75) is 57.3 Å². The molecule has 2 heterocycles. The average Bonchev–Trinajstić information content (AvgIpc) is 3.57. The lowest BCUT2D eigenvalue weighted by atomic mass is 9.82. The van der Waals surface area contributed by atoms with Crippen LogP contribution < -0.4 is 10.6 Å². The molecule has 1 fully saturated rings. The first-order valence-corrected chi connectivity index (χ1v) is 14.1. The maximum absolute atomic E-state index is 13.1. The van der Waals surface area contributed by atoms with Crippen molar-refractivity contribution < 1.29 is 14.0 Å². The summed E-state index contributed by atoms with van der Waals surface area (Å²) in [6, 6.07) is 13.8. The third-order valence-electron chi connectivity index (χ3n) is 6.51. The van der Waals surface area contributed by atoms with E-state index in [9.17, 15) is 14.0 Å². The number of hydrogen-bond acceptors (Lipinski definition) is 8. The third-order valence-corrected chi connectivity index (χ3v) is 8.51. The van der Waals surface area contributed by atoms with Crippen molar-refractivity contribution in [3.63, 3.8) is 0 Å². The normalized spacial score (nSPS) is 17.2. The molecule has 0 radical (unpaired) electrons. The van der Waals surface area contributed by atoms with Crippen LogP contribution in [0.4, 0.5) is 14.7 Å². The van der Waals surface area contributed by atoms with E-state index in [1.165, 1.54) is 34.8 Å². The van der Waals surface area contributed by atoms with Crippen LogP contribution in [0.5, 0.6) is 0 Å². The molecule has 0 unspecified atom stereocenters. The summed E-state index contributed by atoms with van der Waals surface area (Å²) in [7, 11) is 0. The highest BCUT2D eigenvalue weighted by Gasteiger charge is 2.29. The molecule has 196 valence electrons. The minimum absolute atomic E-state index is 0.110. The van der Waals surface area contributed by atoms with Gasteiger partial charge in [0.1, 0.15) is 15.8 Å². The van der Waals surface area contributed by atoms with E-state index in [4.69, 9.17) is 0 Å². The fourth-order valence-corrected chi connectivity index (χ4v) is 6.36. The summed E-state index contributed by atoms with van der Waals surface area (Å²) < 4.78 is 13.1. The van der Waals surface area contributed by atoms with E-state index in [0.717, 1.165) is 52.4 Å². The van der Waals surface area contributed by atoms with E-state index >= 15 is 0 Å². The van der Waals surface area contributed by atoms with Crippen LogP contribution in [-0.2, 0) is 22.4 Å². The highest BCUT2D eigenvalue weighted by Crippen LogP contribution is 2.43. The number of hydrogen-bond donors (Lipinski definition) is 2. The van der Waals surface area contributed by atoms with Crippen LogP contribution in [0.3, 0.4) is 0 Å². The number of rotatable bonds is 8. The Labute approximate surface area is 227 Å². The van der Waals surface area contributed by atoms with Crippen molar-refractivity contribution in [3.05, 3.63) is 81.1 Å². The number of nitrogens with zero attached hydrogens (tertiary/aromatic N) is 4. The number of amides is 2. The van der Waals surface area contributed by atoms with Crippen LogP contribution in [0, 0.1) is 12.7 Å². The van der Waals surface area contributed by atoms with Crippen molar-refractivity contribution in [3.8, 4) is 0 Å². The smallest absolute Gasteiger partial charge is 0.230 e. The minimum Gasteiger partial charge on any atom is -0.300 e. The van der Waals surface area contributed by atoms with Crippen molar-refractivity contribution in [2.75, 3.05) is 10.6 Å². The molecular formula is C27H27FN6O2S2. The minimum atomic E-state index is -0.332. The van der Waals surface area contributed by atoms with Gasteiger partial charge in [0, 0.05) is 11.8 Å². The Morgan fingerprint density at radius 3 is 1.76 bits per heavy atom. The molecular weight excluding hydrogens is 523 g/mol. The summed E-state index contributed by atoms with van der Waals surface area (Å²) in [5.74, 6) is -0.208. The van der Waals surface area contributed by atoms with Gasteiger partial charge in [0.25, 0.3) is 0 Å². The molecule has 2 atom stereocenters. The van der Waals surface area contributed by atoms with Crippen LogP contribution in [0.1, 0.15) is 64.2 Å². The Kier molecular flexibility index (Phi) is 8.14. The Hall–Kier alpha value is -3.57. The zero-order valence-electron chi connectivity index (χ0n) is 20.8. The number of nitrogens with one attached hydrogen (secondary N) is 2. The molecule has 0 bridgehead atoms. The van der Waals surface area contributed by atoms with Gasteiger partial charge in [-0.3, -0.25) is 9.59 Å². The number of aryl methyl sites for hydroxylation is 1. The lowest BCUT2D eigenvalue weighted by Crippen LogP contribution is -2.14. The third kappa shape index (κ3) is 6.84. The van der Waals surface area contributed by atoms with E-state index in [2.05, 4.69) is 31.0 Å². The quantitative estimate of drug-likeness (QED) is 0.294. The van der Waals surface area contributed by atoms with E-state index in [0.29, 0.717) is 16.7 Å². The number of halogens is 1. The number of carbonyl (C=O) groups is 2. The molecule has 4 aromatic rings. The largest absolute Gasteiger partial charge is 0.300 e. The average molecular weight is 551 g/mol. The predicted octanol–water partition coefficient (Wildman–Crippen LogP) is 5.64. The van der Waals surface area contributed by atoms with Gasteiger partial charge in [-0.15, -0.1) is 20.4 Å². The first-order chi connectivity index (χ1) is 18.4. The number of carbonyl (C=O) groups excluding carboxylic acids is 2. The lowest BCUT2D eigenvalue weighted by molar-refractivity contribution is -0.116. The molecule has 0 spiro atoms. The lowest BCUT2D eigenvalue weighted by Gasteiger charge is -2.25. The summed E-state index contributed by atoms with van der Waals surface area (Å²) in [4.78, 5) is 24.8. The second-order valence-corrected chi connectivity index (χ2v) is 11.5. The van der Waals surface area contributed by atoms with E-state index in [1.54, 1.807) is 12.1 Å². The van der Waals surface area contributed by atoms with Gasteiger partial charge in [-0.2, -0.15) is 0 Å². The van der Waals surface area contributed by atoms with Crippen LogP contribution in [-0.4, -0.2) is 32.2 Å². The number of aromatic nitrogens is 4. The molecule has 2 aromatic carbocycles. The summed E-state index contributed by atoms with van der Waals surface area (Å²) in [5, 5.41) is 25.5. The van der Waals surface area contributed by atoms with Gasteiger partial charge in [-0.25, -0.2) is 4.39 Å². The van der Waals surface area contributed by atoms with Gasteiger partial charge in [0.05, 0.1) is 12.8 Å². The van der Waals surface area contributed by atoms with Crippen molar-refractivity contribution in [1.82, 2.24) is 20.4 Å². The first-order valence-electron chi connectivity index (χ1n) is 12.5. The molecule has 8 nitrogen and oxygen atoms in total. The molecule has 2 N–H and O–H groups in total. The highest BCUT2D eigenvalue weighted by molar-refractivity contribution is 7.15. The Bertz CT molecular complexity index is 1300. The van der Waals surface area contributed by atoms with Gasteiger partial charge in [-0.05, 0) is 49.4 Å². The zero-order chi connectivity index (χ0) is 26.5. The Morgan fingerprint density at radius 1 is 0.789 bits per heavy atom. The molecule has 1 saturated carbocycles. The SMILES string of the molecule is Cc1ccc(CC(=O)Nc2nnc([C@H]3CCC[C@H](c4nnc(NC(=O)Cc5ccc(F)cc5)s4)C3)s2)cc1. The van der Waals surface area contributed by atoms with Gasteiger partial charge >= 0.3 is 0 Å². The van der Waals surface area contributed by atoms with Gasteiger partial charge in [0.15, 0.2) is 0 Å². The fraction of sp³-hybridized carbons (Fsp3) is 0.333. The van der Waals surface area contributed by atoms with Crippen LogP contribution >= 0.6 is 22.7 Å². The predicted molar refractivity (Wildman–Crippen MR) is 146 cm³/mol. The van der Waals surface area contributed by atoms with E-state index < -0.39 is 0 Å². The van der Waals surface area contributed by atoms with Gasteiger partial charge in [-0.1, -0.05) is 71.1 Å². The van der Waals surface area contributed by atoms with E-state index in [-0.39, 0.29) is 35.9 Å². The van der Waals surface area contributed by atoms with Crippen molar-refractivity contribution in [1.29, 1.82) is 0 Å². The maximum atomic E-state index is 13.1. The first kappa shape index (κ1) is 26.1. The molecule has 1 aliphatic carbocycles. The molecule has 11 heteroatoms. The van der Waals surface area contributed by atoms with E-state index in [1.807, 2.05) is 31.2 Å². The van der Waals surface area contributed by atoms with Crippen LogP contribution in [0.15, 0.2) is 48.5 Å². The molecule has 1 aliphatic rings. The monoisotopic (exact) mass is 550 g/mol. The Morgan fingerprint density at radius 2 is 1.26 bits per heavy atom. The second-order valence-electron chi connectivity index (χ2n) is 9.51. The maximum Gasteiger partial charge on any atom is 0.230 e. The molecule has 38 heavy (non-hydrogen) atoms. The Balaban J connectivity index is 1.14. The topological polar surface area (TPSA) is 110 Å². The fourth-order valence-electron chi connectivity index (χ4n) is 4.54. The van der Waals surface area contributed by atoms with Crippen LogP contribution in [0.25, 0.3) is 0 Å². The standard InChI is InChI=1S/C27H27FN6O2S2/c1-16-5-7-17(8-6-16)13-22(35)29-26-33-31-24(37-26)19-3-2-4-20(15-19)25-32-34-27(38-25)30-23(36)14-18-9-11-21(28)12-10-18/h5-12,19-20H,2-4,13-15H2,1H3,(H,29,33,35)(H,30,34,36)/t19-,20-/m0/s1.